The summed E-state index contributed by atoms with van der Waals surface area (Å²) >= 11 is 3.76. The lowest BCUT2D eigenvalue weighted by Gasteiger charge is -1.85. The molecule has 0 spiro atoms. The van der Waals surface area contributed by atoms with Crippen LogP contribution in [0.4, 0.5) is 0 Å². The minimum Gasteiger partial charge on any atom is -0.148 e. The molecule has 2 heterocycles. The van der Waals surface area contributed by atoms with Crippen molar-refractivity contribution in [1.82, 2.24) is 0 Å². The van der Waals surface area contributed by atoms with Crippen LogP contribution in [-0.4, -0.2) is 0 Å². The highest BCUT2D eigenvalue weighted by Gasteiger charge is 2.19. The minimum absolute atomic E-state index is 1.18. The Kier molecular flexibility index (Phi) is 1.06. The van der Waals surface area contributed by atoms with Crippen LogP contribution in [0.3, 0.4) is 0 Å². The molecule has 2 aromatic heterocycles. The summed E-state index contributed by atoms with van der Waals surface area (Å²) in [7, 11) is 0. The van der Waals surface area contributed by atoms with Gasteiger partial charge in [0.25, 0.3) is 0 Å². The van der Waals surface area contributed by atoms with E-state index in [1.54, 1.807) is 9.75 Å². The Bertz CT molecular complexity index is 357. The van der Waals surface area contributed by atoms with E-state index < -0.39 is 0 Å². The standard InChI is InChI=1S/C9H6S2/c1-3-10-8-5-9-7(6(1)8)2-4-11-9/h1-4H,5H2. The average Bonchev–Trinajstić information content (AvgIpc) is 2.52. The Hall–Kier alpha value is -0.600. The van der Waals surface area contributed by atoms with Crippen molar-refractivity contribution in [2.75, 3.05) is 0 Å². The van der Waals surface area contributed by atoms with Gasteiger partial charge < -0.3 is 0 Å². The van der Waals surface area contributed by atoms with E-state index in [-0.39, 0.29) is 0 Å². The molecule has 0 aliphatic heterocycles. The SMILES string of the molecule is c1cc2c(s1)Cc1sccc1-2. The van der Waals surface area contributed by atoms with Crippen molar-refractivity contribution < 1.29 is 0 Å². The van der Waals surface area contributed by atoms with Crippen LogP contribution in [0.25, 0.3) is 11.1 Å². The summed E-state index contributed by atoms with van der Waals surface area (Å²) in [4.78, 5) is 3.10. The Morgan fingerprint density at radius 1 is 0.909 bits per heavy atom. The molecule has 0 saturated heterocycles. The van der Waals surface area contributed by atoms with Crippen molar-refractivity contribution in [2.45, 2.75) is 6.42 Å². The predicted molar refractivity (Wildman–Crippen MR) is 50.4 cm³/mol. The molecular weight excluding hydrogens is 172 g/mol. The summed E-state index contributed by atoms with van der Waals surface area (Å²) in [6.07, 6.45) is 1.18. The fraction of sp³-hybridized carbons (Fsp3) is 0.111. The van der Waals surface area contributed by atoms with Gasteiger partial charge in [-0.3, -0.25) is 0 Å². The molecule has 0 aromatic carbocycles. The van der Waals surface area contributed by atoms with Gasteiger partial charge in [0.05, 0.1) is 0 Å². The summed E-state index contributed by atoms with van der Waals surface area (Å²) in [6, 6.07) is 4.47. The van der Waals surface area contributed by atoms with Gasteiger partial charge in [-0.2, -0.15) is 0 Å². The first-order valence-corrected chi connectivity index (χ1v) is 5.34. The molecule has 1 aliphatic carbocycles. The maximum atomic E-state index is 2.23. The van der Waals surface area contributed by atoms with Crippen LogP contribution >= 0.6 is 22.7 Å². The molecule has 3 rings (SSSR count). The Balaban J connectivity index is 2.38. The van der Waals surface area contributed by atoms with Crippen LogP contribution in [0.2, 0.25) is 0 Å². The van der Waals surface area contributed by atoms with Crippen molar-refractivity contribution in [3.8, 4) is 11.1 Å². The number of fused-ring (bicyclic) bond motifs is 3. The van der Waals surface area contributed by atoms with Gasteiger partial charge >= 0.3 is 0 Å². The molecule has 0 saturated carbocycles. The molecule has 0 atom stereocenters. The van der Waals surface area contributed by atoms with Crippen LogP contribution in [0.1, 0.15) is 9.75 Å². The predicted octanol–water partition coefficient (Wildman–Crippen LogP) is 3.38. The van der Waals surface area contributed by atoms with E-state index in [2.05, 4.69) is 22.9 Å². The zero-order valence-electron chi connectivity index (χ0n) is 5.83. The van der Waals surface area contributed by atoms with Crippen LogP contribution in [0.5, 0.6) is 0 Å². The first-order valence-electron chi connectivity index (χ1n) is 3.58. The van der Waals surface area contributed by atoms with Gasteiger partial charge in [0, 0.05) is 16.2 Å². The highest BCUT2D eigenvalue weighted by Crippen LogP contribution is 2.42. The van der Waals surface area contributed by atoms with E-state index in [1.807, 2.05) is 22.7 Å². The van der Waals surface area contributed by atoms with Gasteiger partial charge in [0.2, 0.25) is 0 Å². The van der Waals surface area contributed by atoms with Gasteiger partial charge in [0.1, 0.15) is 0 Å². The lowest BCUT2D eigenvalue weighted by Crippen LogP contribution is -1.67. The summed E-state index contributed by atoms with van der Waals surface area (Å²) in [5.41, 5.74) is 2.96. The zero-order valence-corrected chi connectivity index (χ0v) is 7.47. The van der Waals surface area contributed by atoms with Gasteiger partial charge in [-0.15, -0.1) is 22.7 Å². The van der Waals surface area contributed by atoms with Gasteiger partial charge in [-0.05, 0) is 34.0 Å². The first kappa shape index (κ1) is 5.98. The third-order valence-electron chi connectivity index (χ3n) is 2.10. The van der Waals surface area contributed by atoms with Crippen molar-refractivity contribution in [3.05, 3.63) is 32.6 Å². The Morgan fingerprint density at radius 2 is 1.45 bits per heavy atom. The van der Waals surface area contributed by atoms with Crippen LogP contribution < -0.4 is 0 Å². The van der Waals surface area contributed by atoms with Crippen molar-refractivity contribution in [1.29, 1.82) is 0 Å². The smallest absolute Gasteiger partial charge is 0.0176 e. The Morgan fingerprint density at radius 3 is 2.00 bits per heavy atom. The lowest BCUT2D eigenvalue weighted by atomic mass is 10.2. The van der Waals surface area contributed by atoms with E-state index >= 15 is 0 Å². The summed E-state index contributed by atoms with van der Waals surface area (Å²) in [5.74, 6) is 0. The molecule has 0 N–H and O–H groups in total. The van der Waals surface area contributed by atoms with Crippen LogP contribution in [0, 0.1) is 0 Å². The monoisotopic (exact) mass is 178 g/mol. The average molecular weight is 178 g/mol. The highest BCUT2D eigenvalue weighted by atomic mass is 32.1. The van der Waals surface area contributed by atoms with E-state index in [1.165, 1.54) is 17.5 Å². The number of rotatable bonds is 0. The fourth-order valence-electron chi connectivity index (χ4n) is 1.58. The zero-order chi connectivity index (χ0) is 7.26. The van der Waals surface area contributed by atoms with E-state index in [0.717, 1.165) is 0 Å². The summed E-state index contributed by atoms with van der Waals surface area (Å²) < 4.78 is 0. The lowest BCUT2D eigenvalue weighted by molar-refractivity contribution is 1.38. The first-order chi connectivity index (χ1) is 5.45. The fourth-order valence-corrected chi connectivity index (χ4v) is 3.47. The second kappa shape index (κ2) is 1.96. The largest absolute Gasteiger partial charge is 0.148 e. The Labute approximate surface area is 73.1 Å². The third-order valence-corrected chi connectivity index (χ3v) is 3.94. The maximum absolute atomic E-state index is 2.23. The van der Waals surface area contributed by atoms with Crippen LogP contribution in [0.15, 0.2) is 22.9 Å². The molecule has 1 aliphatic rings. The van der Waals surface area contributed by atoms with Gasteiger partial charge in [-0.1, -0.05) is 0 Å². The molecule has 11 heavy (non-hydrogen) atoms. The molecule has 2 aromatic rings. The normalized spacial score (nSPS) is 13.1. The minimum atomic E-state index is 1.18. The van der Waals surface area contributed by atoms with Crippen molar-refractivity contribution in [2.24, 2.45) is 0 Å². The van der Waals surface area contributed by atoms with Crippen LogP contribution in [-0.2, 0) is 6.42 Å². The van der Waals surface area contributed by atoms with E-state index in [0.29, 0.717) is 0 Å². The highest BCUT2D eigenvalue weighted by molar-refractivity contribution is 7.12. The van der Waals surface area contributed by atoms with Crippen molar-refractivity contribution >= 4 is 22.7 Å². The maximum Gasteiger partial charge on any atom is 0.0176 e. The molecule has 0 amide bonds. The summed E-state index contributed by atoms with van der Waals surface area (Å²) in [6.45, 7) is 0. The van der Waals surface area contributed by atoms with E-state index in [4.69, 9.17) is 0 Å². The van der Waals surface area contributed by atoms with E-state index in [9.17, 15) is 0 Å². The molecule has 0 fully saturated rings. The number of hydrogen-bond acceptors (Lipinski definition) is 2. The van der Waals surface area contributed by atoms with Gasteiger partial charge in [0.15, 0.2) is 0 Å². The third kappa shape index (κ3) is 0.686. The quantitative estimate of drug-likeness (QED) is 0.495. The molecule has 0 nitrogen and oxygen atoms in total. The van der Waals surface area contributed by atoms with Crippen molar-refractivity contribution in [3.63, 3.8) is 0 Å². The molecule has 0 unspecified atom stereocenters. The molecular formula is C9H6S2. The molecule has 0 radical (unpaired) electrons. The number of hydrogen-bond donors (Lipinski definition) is 0. The second-order valence-corrected chi connectivity index (χ2v) is 4.69. The molecule has 2 heteroatoms. The topological polar surface area (TPSA) is 0 Å². The van der Waals surface area contributed by atoms with Gasteiger partial charge in [-0.25, -0.2) is 0 Å². The summed E-state index contributed by atoms with van der Waals surface area (Å²) in [5, 5.41) is 4.37. The number of thiophene rings is 2. The molecule has 54 valence electrons. The second-order valence-electron chi connectivity index (χ2n) is 2.69. The molecule has 0 bridgehead atoms.